The molecule has 120 valence electrons. The molecule has 1 aliphatic rings. The second kappa shape index (κ2) is 6.36. The van der Waals surface area contributed by atoms with Crippen molar-refractivity contribution in [2.75, 3.05) is 12.3 Å². The summed E-state index contributed by atoms with van der Waals surface area (Å²) in [5.41, 5.74) is 0. The highest BCUT2D eigenvalue weighted by Crippen LogP contribution is 2.69. The summed E-state index contributed by atoms with van der Waals surface area (Å²) >= 11 is 4.17. The molecule has 1 saturated heterocycles. The first kappa shape index (κ1) is 18.6. The predicted octanol–water partition coefficient (Wildman–Crippen LogP) is -0.0780. The van der Waals surface area contributed by atoms with Crippen LogP contribution in [-0.4, -0.2) is 48.1 Å². The fourth-order valence-corrected chi connectivity index (χ4v) is 4.91. The first-order valence-corrected chi connectivity index (χ1v) is 9.96. The first-order valence-electron chi connectivity index (χ1n) is 6.10. The molecular weight excluding hydrogens is 328 g/mol. The van der Waals surface area contributed by atoms with E-state index in [2.05, 4.69) is 17.9 Å². The summed E-state index contributed by atoms with van der Waals surface area (Å²) in [5.74, 6) is 0.832. The van der Waals surface area contributed by atoms with E-state index in [0.717, 1.165) is 0 Å². The van der Waals surface area contributed by atoms with Crippen LogP contribution in [0.4, 0.5) is 0 Å². The van der Waals surface area contributed by atoms with Crippen LogP contribution in [0.1, 0.15) is 19.8 Å². The largest absolute Gasteiger partial charge is 0.369 e. The third-order valence-electron chi connectivity index (χ3n) is 3.75. The Hall–Kier alpha value is 0.570. The Morgan fingerprint density at radius 2 is 1.75 bits per heavy atom. The fraction of sp³-hybridized carbons (Fsp3) is 1.00. The molecule has 1 rings (SSSR count). The number of thiol groups is 1. The maximum absolute atomic E-state index is 11.3. The zero-order chi connectivity index (χ0) is 15.8. The van der Waals surface area contributed by atoms with Gasteiger partial charge in [-0.25, -0.2) is 0 Å². The number of rotatable bonds is 5. The van der Waals surface area contributed by atoms with Crippen molar-refractivity contribution in [1.82, 2.24) is 5.32 Å². The lowest BCUT2D eigenvalue weighted by atomic mass is 9.85. The molecule has 20 heavy (non-hydrogen) atoms. The van der Waals surface area contributed by atoms with Crippen molar-refractivity contribution in [3.05, 3.63) is 0 Å². The van der Waals surface area contributed by atoms with Crippen LogP contribution in [-0.2, 0) is 9.13 Å². The molecule has 0 aromatic carbocycles. The summed E-state index contributed by atoms with van der Waals surface area (Å²) in [6, 6.07) is -0.587. The van der Waals surface area contributed by atoms with Crippen LogP contribution in [0.2, 0.25) is 0 Å². The summed E-state index contributed by atoms with van der Waals surface area (Å²) in [6.45, 7) is 2.32. The summed E-state index contributed by atoms with van der Waals surface area (Å²) in [6.07, 6.45) is 0.00157. The van der Waals surface area contributed by atoms with Crippen LogP contribution in [0.25, 0.3) is 0 Å². The Bertz CT molecular complexity index is 414. The minimum Gasteiger partial charge on any atom is -0.367 e. The summed E-state index contributed by atoms with van der Waals surface area (Å²) in [4.78, 5) is 36.5. The fourth-order valence-electron chi connectivity index (χ4n) is 2.41. The van der Waals surface area contributed by atoms with Gasteiger partial charge in [0.25, 0.3) is 5.08 Å². The number of hydrogen-bond donors (Lipinski definition) is 7. The van der Waals surface area contributed by atoms with Crippen molar-refractivity contribution in [2.24, 2.45) is 11.8 Å². The number of nitrogens with one attached hydrogen (secondary N) is 1. The van der Waals surface area contributed by atoms with Crippen LogP contribution in [0, 0.1) is 11.8 Å². The Labute approximate surface area is 122 Å². The number of hydrogen-bond acceptors (Lipinski definition) is 5. The normalized spacial score (nSPS) is 29.4. The van der Waals surface area contributed by atoms with E-state index in [1.165, 1.54) is 0 Å². The van der Waals surface area contributed by atoms with Gasteiger partial charge in [-0.05, 0) is 30.6 Å². The quantitative estimate of drug-likeness (QED) is 0.269. The van der Waals surface area contributed by atoms with Crippen molar-refractivity contribution in [1.29, 1.82) is 0 Å². The molecule has 0 saturated carbocycles. The summed E-state index contributed by atoms with van der Waals surface area (Å²) in [5, 5.41) is 9.52. The SMILES string of the molecule is CC1CC(CS)CNC1CC(O)(P(=O)(O)O)P(=O)(O)O. The van der Waals surface area contributed by atoms with E-state index in [9.17, 15) is 14.2 Å². The van der Waals surface area contributed by atoms with Gasteiger partial charge < -0.3 is 30.0 Å². The van der Waals surface area contributed by atoms with Crippen LogP contribution in [0.3, 0.4) is 0 Å². The monoisotopic (exact) mass is 349 g/mol. The van der Waals surface area contributed by atoms with E-state index in [1.807, 2.05) is 0 Å². The molecule has 1 heterocycles. The smallest absolute Gasteiger partial charge is 0.367 e. The van der Waals surface area contributed by atoms with Gasteiger partial charge in [0, 0.05) is 12.5 Å². The maximum Gasteiger partial charge on any atom is 0.369 e. The Balaban J connectivity index is 2.94. The Kier molecular flexibility index (Phi) is 5.92. The van der Waals surface area contributed by atoms with E-state index >= 15 is 0 Å². The van der Waals surface area contributed by atoms with Crippen molar-refractivity contribution >= 4 is 27.8 Å². The highest BCUT2D eigenvalue weighted by Gasteiger charge is 2.60. The van der Waals surface area contributed by atoms with Crippen molar-refractivity contribution in [2.45, 2.75) is 30.9 Å². The van der Waals surface area contributed by atoms with Crippen LogP contribution in [0.5, 0.6) is 0 Å². The highest BCUT2D eigenvalue weighted by molar-refractivity contribution is 7.80. The summed E-state index contributed by atoms with van der Waals surface area (Å²) < 4.78 is 22.6. The Morgan fingerprint density at radius 3 is 2.10 bits per heavy atom. The van der Waals surface area contributed by atoms with Gasteiger partial charge in [-0.2, -0.15) is 12.6 Å². The topological polar surface area (TPSA) is 147 Å². The molecule has 0 aromatic heterocycles. The van der Waals surface area contributed by atoms with Crippen molar-refractivity contribution < 1.29 is 33.8 Å². The third-order valence-corrected chi connectivity index (χ3v) is 8.06. The second-order valence-electron chi connectivity index (χ2n) is 5.34. The molecule has 0 aromatic rings. The average Bonchev–Trinajstić information content (AvgIpc) is 2.28. The molecule has 6 N–H and O–H groups in total. The van der Waals surface area contributed by atoms with Gasteiger partial charge in [-0.15, -0.1) is 0 Å². The van der Waals surface area contributed by atoms with Gasteiger partial charge in [-0.3, -0.25) is 9.13 Å². The highest BCUT2D eigenvalue weighted by atomic mass is 32.1. The molecule has 0 radical (unpaired) electrons. The molecule has 0 aliphatic carbocycles. The van der Waals surface area contributed by atoms with E-state index in [1.54, 1.807) is 6.92 Å². The van der Waals surface area contributed by atoms with Gasteiger partial charge in [0.2, 0.25) is 0 Å². The molecule has 0 spiro atoms. The number of aliphatic hydroxyl groups is 1. The van der Waals surface area contributed by atoms with Crippen LogP contribution >= 0.6 is 27.8 Å². The average molecular weight is 349 g/mol. The maximum atomic E-state index is 11.3. The molecule has 0 amide bonds. The standard InChI is InChI=1S/C9H21NO7P2S/c1-6-2-7(5-20)4-10-8(6)3-9(11,18(12,13)14)19(15,16)17/h6-8,10-11,20H,2-5H2,1H3,(H2,12,13,14)(H2,15,16,17). The molecule has 1 fully saturated rings. The van der Waals surface area contributed by atoms with E-state index in [4.69, 9.17) is 19.6 Å². The molecule has 0 bridgehead atoms. The van der Waals surface area contributed by atoms with E-state index < -0.39 is 32.7 Å². The molecular formula is C9H21NO7P2S. The molecule has 3 atom stereocenters. The molecule has 3 unspecified atom stereocenters. The van der Waals surface area contributed by atoms with Gasteiger partial charge in [0.1, 0.15) is 0 Å². The van der Waals surface area contributed by atoms with Gasteiger partial charge in [0.15, 0.2) is 0 Å². The zero-order valence-corrected chi connectivity index (χ0v) is 13.6. The minimum absolute atomic E-state index is 0.0921. The Morgan fingerprint density at radius 1 is 1.25 bits per heavy atom. The molecule has 11 heteroatoms. The number of piperidine rings is 1. The van der Waals surface area contributed by atoms with Crippen molar-refractivity contribution in [3.8, 4) is 0 Å². The van der Waals surface area contributed by atoms with Crippen LogP contribution in [0.15, 0.2) is 0 Å². The van der Waals surface area contributed by atoms with E-state index in [-0.39, 0.29) is 11.8 Å². The van der Waals surface area contributed by atoms with Crippen LogP contribution < -0.4 is 5.32 Å². The van der Waals surface area contributed by atoms with Crippen molar-refractivity contribution in [3.63, 3.8) is 0 Å². The third kappa shape index (κ3) is 3.85. The van der Waals surface area contributed by atoms with Gasteiger partial charge in [-0.1, -0.05) is 6.92 Å². The lowest BCUT2D eigenvalue weighted by Gasteiger charge is -2.39. The molecule has 1 aliphatic heterocycles. The zero-order valence-electron chi connectivity index (χ0n) is 11.0. The molecule has 8 nitrogen and oxygen atoms in total. The van der Waals surface area contributed by atoms with Gasteiger partial charge >= 0.3 is 15.2 Å². The lowest BCUT2D eigenvalue weighted by Crippen LogP contribution is -2.49. The van der Waals surface area contributed by atoms with E-state index in [0.29, 0.717) is 18.7 Å². The summed E-state index contributed by atoms with van der Waals surface area (Å²) in [7, 11) is -10.8. The second-order valence-corrected chi connectivity index (χ2v) is 9.72. The predicted molar refractivity (Wildman–Crippen MR) is 76.6 cm³/mol. The van der Waals surface area contributed by atoms with Gasteiger partial charge in [0.05, 0.1) is 0 Å². The first-order chi connectivity index (χ1) is 8.92. The lowest BCUT2D eigenvalue weighted by molar-refractivity contribution is 0.0938. The minimum atomic E-state index is -5.39.